The Morgan fingerprint density at radius 2 is 1.67 bits per heavy atom. The lowest BCUT2D eigenvalue weighted by molar-refractivity contribution is 0.169. The van der Waals surface area contributed by atoms with Crippen LogP contribution in [0.4, 0.5) is 0 Å². The highest BCUT2D eigenvalue weighted by Crippen LogP contribution is 2.21. The van der Waals surface area contributed by atoms with Crippen LogP contribution in [-0.4, -0.2) is 20.1 Å². The molecule has 0 bridgehead atoms. The zero-order valence-electron chi connectivity index (χ0n) is 11.2. The van der Waals surface area contributed by atoms with E-state index >= 15 is 0 Å². The number of sulfonamides is 1. The van der Waals surface area contributed by atoms with Crippen molar-refractivity contribution in [1.29, 1.82) is 0 Å². The summed E-state index contributed by atoms with van der Waals surface area (Å²) in [6, 6.07) is 15.8. The Hall–Kier alpha value is -1.21. The van der Waals surface area contributed by atoms with Gasteiger partial charge in [-0.2, -0.15) is 0 Å². The van der Waals surface area contributed by atoms with Crippen LogP contribution in [-0.2, 0) is 10.0 Å². The fourth-order valence-corrected chi connectivity index (χ4v) is 3.96. The fraction of sp³-hybridized carbons (Fsp3) is 0.200. The number of rotatable bonds is 6. The van der Waals surface area contributed by atoms with Crippen molar-refractivity contribution >= 4 is 26.0 Å². The molecule has 21 heavy (non-hydrogen) atoms. The molecule has 0 heterocycles. The lowest BCUT2D eigenvalue weighted by Gasteiger charge is -2.12. The van der Waals surface area contributed by atoms with E-state index in [1.165, 1.54) is 6.07 Å². The van der Waals surface area contributed by atoms with Crippen LogP contribution in [0.5, 0.6) is 0 Å². The van der Waals surface area contributed by atoms with Crippen LogP contribution in [0.3, 0.4) is 0 Å². The zero-order chi connectivity index (χ0) is 15.3. The summed E-state index contributed by atoms with van der Waals surface area (Å²) < 4.78 is 27.3. The Kier molecular flexibility index (Phi) is 5.52. The molecule has 0 aromatic heterocycles. The molecule has 0 unspecified atom stereocenters. The van der Waals surface area contributed by atoms with E-state index in [1.807, 2.05) is 30.3 Å². The van der Waals surface area contributed by atoms with Gasteiger partial charge in [-0.25, -0.2) is 13.1 Å². The van der Waals surface area contributed by atoms with Crippen molar-refractivity contribution in [2.75, 3.05) is 6.54 Å². The van der Waals surface area contributed by atoms with Gasteiger partial charge in [-0.15, -0.1) is 0 Å². The molecule has 112 valence electrons. The van der Waals surface area contributed by atoms with Gasteiger partial charge in [0.2, 0.25) is 10.0 Å². The second kappa shape index (κ2) is 7.17. The first-order chi connectivity index (χ1) is 10.0. The highest BCUT2D eigenvalue weighted by molar-refractivity contribution is 9.10. The van der Waals surface area contributed by atoms with Gasteiger partial charge in [0.25, 0.3) is 0 Å². The van der Waals surface area contributed by atoms with Crippen LogP contribution in [0.15, 0.2) is 64.0 Å². The maximum atomic E-state index is 12.1. The molecular formula is C15H16BrNO3S. The Balaban J connectivity index is 1.96. The van der Waals surface area contributed by atoms with Gasteiger partial charge in [0.05, 0.1) is 11.0 Å². The number of aliphatic hydroxyl groups is 1. The summed E-state index contributed by atoms with van der Waals surface area (Å²) in [6.45, 7) is 0.166. The van der Waals surface area contributed by atoms with Crippen LogP contribution in [0.1, 0.15) is 18.1 Å². The molecule has 0 aliphatic rings. The van der Waals surface area contributed by atoms with Gasteiger partial charge in [0.15, 0.2) is 0 Å². The molecule has 2 rings (SSSR count). The van der Waals surface area contributed by atoms with E-state index in [-0.39, 0.29) is 11.4 Å². The number of hydrogen-bond acceptors (Lipinski definition) is 3. The molecular weight excluding hydrogens is 354 g/mol. The number of benzene rings is 2. The molecule has 6 heteroatoms. The van der Waals surface area contributed by atoms with Crippen LogP contribution in [0.2, 0.25) is 0 Å². The van der Waals surface area contributed by atoms with Crippen molar-refractivity contribution in [2.45, 2.75) is 17.4 Å². The molecule has 0 spiro atoms. The lowest BCUT2D eigenvalue weighted by Crippen LogP contribution is -2.26. The Labute approximate surface area is 133 Å². The molecule has 2 aromatic rings. The summed E-state index contributed by atoms with van der Waals surface area (Å²) in [7, 11) is -3.58. The predicted molar refractivity (Wildman–Crippen MR) is 85.3 cm³/mol. The first kappa shape index (κ1) is 16.2. The molecule has 1 atom stereocenters. The Morgan fingerprint density at radius 1 is 1.05 bits per heavy atom. The van der Waals surface area contributed by atoms with Gasteiger partial charge in [-0.05, 0) is 40.0 Å². The van der Waals surface area contributed by atoms with E-state index in [4.69, 9.17) is 0 Å². The van der Waals surface area contributed by atoms with Crippen LogP contribution in [0.25, 0.3) is 0 Å². The number of nitrogens with one attached hydrogen (secondary N) is 1. The second-order valence-corrected chi connectivity index (χ2v) is 7.13. The zero-order valence-corrected chi connectivity index (χ0v) is 13.6. The predicted octanol–water partition coefficient (Wildman–Crippen LogP) is 2.85. The van der Waals surface area contributed by atoms with Gasteiger partial charge < -0.3 is 5.11 Å². The molecule has 0 fully saturated rings. The van der Waals surface area contributed by atoms with Crippen molar-refractivity contribution in [1.82, 2.24) is 4.72 Å². The third kappa shape index (κ3) is 4.38. The summed E-state index contributed by atoms with van der Waals surface area (Å²) in [5.74, 6) is 0. The van der Waals surface area contributed by atoms with Gasteiger partial charge >= 0.3 is 0 Å². The van der Waals surface area contributed by atoms with Crippen molar-refractivity contribution in [2.24, 2.45) is 0 Å². The summed E-state index contributed by atoms with van der Waals surface area (Å²) in [4.78, 5) is 0.194. The quantitative estimate of drug-likeness (QED) is 0.822. The first-order valence-corrected chi connectivity index (χ1v) is 8.75. The summed E-state index contributed by atoms with van der Waals surface area (Å²) >= 11 is 3.22. The van der Waals surface area contributed by atoms with Gasteiger partial charge in [0, 0.05) is 11.0 Å². The Bertz CT molecular complexity index is 689. The minimum Gasteiger partial charge on any atom is -0.388 e. The van der Waals surface area contributed by atoms with E-state index in [9.17, 15) is 13.5 Å². The van der Waals surface area contributed by atoms with Crippen molar-refractivity contribution in [3.8, 4) is 0 Å². The number of aliphatic hydroxyl groups excluding tert-OH is 1. The monoisotopic (exact) mass is 369 g/mol. The van der Waals surface area contributed by atoms with Crippen molar-refractivity contribution in [3.63, 3.8) is 0 Å². The molecule has 0 amide bonds. The maximum absolute atomic E-state index is 12.1. The third-order valence-electron chi connectivity index (χ3n) is 3.02. The first-order valence-electron chi connectivity index (χ1n) is 6.48. The molecule has 2 aromatic carbocycles. The van der Waals surface area contributed by atoms with E-state index in [0.717, 1.165) is 5.56 Å². The van der Waals surface area contributed by atoms with Crippen LogP contribution in [0, 0.1) is 0 Å². The van der Waals surface area contributed by atoms with E-state index < -0.39 is 16.1 Å². The summed E-state index contributed by atoms with van der Waals surface area (Å²) in [5, 5.41) is 10.00. The lowest BCUT2D eigenvalue weighted by atomic mass is 10.1. The topological polar surface area (TPSA) is 66.4 Å². The average Bonchev–Trinajstić information content (AvgIpc) is 2.48. The molecule has 0 saturated heterocycles. The van der Waals surface area contributed by atoms with E-state index in [2.05, 4.69) is 20.7 Å². The summed E-state index contributed by atoms with van der Waals surface area (Å²) in [5.41, 5.74) is 0.776. The highest BCUT2D eigenvalue weighted by Gasteiger charge is 2.17. The van der Waals surface area contributed by atoms with Crippen molar-refractivity contribution in [3.05, 3.63) is 64.6 Å². The van der Waals surface area contributed by atoms with E-state index in [0.29, 0.717) is 10.9 Å². The van der Waals surface area contributed by atoms with Gasteiger partial charge in [-0.3, -0.25) is 0 Å². The van der Waals surface area contributed by atoms with Gasteiger partial charge in [-0.1, -0.05) is 42.5 Å². The minimum atomic E-state index is -3.58. The van der Waals surface area contributed by atoms with Crippen molar-refractivity contribution < 1.29 is 13.5 Å². The van der Waals surface area contributed by atoms with Crippen LogP contribution < -0.4 is 4.72 Å². The molecule has 0 aliphatic heterocycles. The van der Waals surface area contributed by atoms with E-state index in [1.54, 1.807) is 18.2 Å². The Morgan fingerprint density at radius 3 is 2.33 bits per heavy atom. The standard InChI is InChI=1S/C15H16BrNO3S/c16-13-8-4-5-9-15(13)21(19,20)17-11-10-14(18)12-6-2-1-3-7-12/h1-9,14,17-18H,10-11H2/t14-/m0/s1. The SMILES string of the molecule is O=S(=O)(NCC[C@H](O)c1ccccc1)c1ccccc1Br. The minimum absolute atomic E-state index is 0.166. The van der Waals surface area contributed by atoms with Crippen LogP contribution >= 0.6 is 15.9 Å². The molecule has 0 aliphatic carbocycles. The molecule has 0 saturated carbocycles. The fourth-order valence-electron chi connectivity index (χ4n) is 1.91. The molecule has 2 N–H and O–H groups in total. The normalized spacial score (nSPS) is 13.0. The smallest absolute Gasteiger partial charge is 0.241 e. The molecule has 0 radical (unpaired) electrons. The maximum Gasteiger partial charge on any atom is 0.241 e. The second-order valence-electron chi connectivity index (χ2n) is 4.54. The number of hydrogen-bond donors (Lipinski definition) is 2. The highest BCUT2D eigenvalue weighted by atomic mass is 79.9. The number of halogens is 1. The van der Waals surface area contributed by atoms with Gasteiger partial charge in [0.1, 0.15) is 0 Å². The summed E-state index contributed by atoms with van der Waals surface area (Å²) in [6.07, 6.45) is -0.374. The third-order valence-corrected chi connectivity index (χ3v) is 5.49. The largest absolute Gasteiger partial charge is 0.388 e. The average molecular weight is 370 g/mol. The molecule has 4 nitrogen and oxygen atoms in total.